The molecule has 0 aliphatic rings. The Bertz CT molecular complexity index is 1450. The second kappa shape index (κ2) is 49.0. The first-order valence-corrected chi connectivity index (χ1v) is 25.7. The fourth-order valence-electron chi connectivity index (χ4n) is 5.75. The number of carbonyl (C=O) groups is 1. The van der Waals surface area contributed by atoms with Crippen LogP contribution in [-0.2, 0) is 27.9 Å². The van der Waals surface area contributed by atoms with Crippen LogP contribution in [0.5, 0.6) is 0 Å². The van der Waals surface area contributed by atoms with Gasteiger partial charge in [0.15, 0.2) is 0 Å². The Morgan fingerprint density at radius 2 is 0.844 bits per heavy atom. The quantitative estimate of drug-likeness (QED) is 0.0237. The van der Waals surface area contributed by atoms with Crippen LogP contribution in [0.3, 0.4) is 0 Å². The van der Waals surface area contributed by atoms with Crippen molar-refractivity contribution in [2.45, 2.75) is 167 Å². The summed E-state index contributed by atoms with van der Waals surface area (Å²) in [5.41, 5.74) is 0. The van der Waals surface area contributed by atoms with Crippen molar-refractivity contribution in [1.82, 2.24) is 0 Å². The van der Waals surface area contributed by atoms with Crippen LogP contribution in [0.4, 0.5) is 0 Å². The van der Waals surface area contributed by atoms with Crippen molar-refractivity contribution in [3.63, 3.8) is 0 Å². The average Bonchev–Trinajstić information content (AvgIpc) is 3.29. The minimum Gasteiger partial charge on any atom is -0.457 e. The molecule has 9 nitrogen and oxygen atoms in total. The van der Waals surface area contributed by atoms with Gasteiger partial charge in [-0.05, 0) is 103 Å². The number of esters is 1. The lowest BCUT2D eigenvalue weighted by atomic mass is 10.1. The Morgan fingerprint density at radius 1 is 0.484 bits per heavy atom. The normalized spacial score (nSPS) is 15.0. The van der Waals surface area contributed by atoms with Crippen molar-refractivity contribution in [3.8, 4) is 0 Å². The van der Waals surface area contributed by atoms with Gasteiger partial charge >= 0.3 is 13.8 Å². The van der Waals surface area contributed by atoms with Crippen molar-refractivity contribution in [2.24, 2.45) is 0 Å². The molecule has 3 atom stereocenters. The highest BCUT2D eigenvalue weighted by Crippen LogP contribution is 2.43. The van der Waals surface area contributed by atoms with Gasteiger partial charge in [-0.3, -0.25) is 13.8 Å². The predicted molar refractivity (Wildman–Crippen MR) is 269 cm³/mol. The lowest BCUT2D eigenvalue weighted by molar-refractivity contribution is -0.154. The molecule has 0 spiro atoms. The van der Waals surface area contributed by atoms with E-state index in [-0.39, 0.29) is 13.0 Å². The van der Waals surface area contributed by atoms with E-state index in [0.717, 1.165) is 96.3 Å². The standard InChI is InChI=1S/C54H87O9P/c1-3-5-7-9-11-13-15-17-19-21-23-25-26-27-28-30-32-34-36-38-40-42-44-46-54(57)63-53(51-62-64(58,59)61-49-52(56)48-55)50-60-47-45-43-41-39-37-35-33-31-29-24-22-20-18-16-14-12-10-8-6-4-2/h5-8,11-14,17-20,23-25,27-29,32,34,38,40,52-53,55-56H,3-4,9-10,15-16,21-22,26,30-31,33,35-37,39,41-51H2,1-2H3,(H,58,59)/b7-5-,8-6-,13-11-,14-12-,19-17-,20-18-,25-23-,28-27-,29-24-,34-32-,40-38-. The molecule has 0 amide bonds. The van der Waals surface area contributed by atoms with Crippen LogP contribution in [0.15, 0.2) is 134 Å². The first-order valence-electron chi connectivity index (χ1n) is 24.2. The Balaban J connectivity index is 4.29. The number of allylic oxidation sites excluding steroid dienone is 22. The second-order valence-corrected chi connectivity index (χ2v) is 16.8. The summed E-state index contributed by atoms with van der Waals surface area (Å²) in [6.07, 6.45) is 67.0. The van der Waals surface area contributed by atoms with E-state index in [1.54, 1.807) is 0 Å². The molecule has 0 aliphatic carbocycles. The summed E-state index contributed by atoms with van der Waals surface area (Å²) >= 11 is 0. The lowest BCUT2D eigenvalue weighted by Crippen LogP contribution is -2.29. The highest BCUT2D eigenvalue weighted by atomic mass is 31.2. The number of phosphoric ester groups is 1. The van der Waals surface area contributed by atoms with Gasteiger partial charge in [-0.25, -0.2) is 4.57 Å². The van der Waals surface area contributed by atoms with Gasteiger partial charge < -0.3 is 24.6 Å². The maximum absolute atomic E-state index is 12.7. The highest BCUT2D eigenvalue weighted by molar-refractivity contribution is 7.47. The van der Waals surface area contributed by atoms with E-state index in [2.05, 4.69) is 141 Å². The number of rotatable bonds is 44. The summed E-state index contributed by atoms with van der Waals surface area (Å²) in [7, 11) is -4.55. The van der Waals surface area contributed by atoms with Crippen LogP contribution < -0.4 is 0 Å². The summed E-state index contributed by atoms with van der Waals surface area (Å²) in [4.78, 5) is 22.6. The topological polar surface area (TPSA) is 132 Å². The van der Waals surface area contributed by atoms with Crippen molar-refractivity contribution in [3.05, 3.63) is 134 Å². The molecule has 0 aliphatic heterocycles. The summed E-state index contributed by atoms with van der Waals surface area (Å²) in [6.45, 7) is 3.15. The number of carbonyl (C=O) groups excluding carboxylic acids is 1. The van der Waals surface area contributed by atoms with Crippen LogP contribution in [0.1, 0.15) is 155 Å². The van der Waals surface area contributed by atoms with Crippen LogP contribution in [0.25, 0.3) is 0 Å². The Labute approximate surface area is 389 Å². The zero-order valence-electron chi connectivity index (χ0n) is 39.7. The number of aliphatic hydroxyl groups excluding tert-OH is 2. The number of unbranched alkanes of at least 4 members (excludes halogenated alkanes) is 8. The molecule has 0 saturated heterocycles. The largest absolute Gasteiger partial charge is 0.472 e. The molecule has 0 heterocycles. The van der Waals surface area contributed by atoms with Gasteiger partial charge in [0, 0.05) is 13.0 Å². The molecule has 0 rings (SSSR count). The second-order valence-electron chi connectivity index (χ2n) is 15.4. The van der Waals surface area contributed by atoms with E-state index < -0.39 is 45.8 Å². The van der Waals surface area contributed by atoms with Gasteiger partial charge in [-0.15, -0.1) is 0 Å². The van der Waals surface area contributed by atoms with Crippen LogP contribution >= 0.6 is 7.82 Å². The maximum atomic E-state index is 12.7. The third-order valence-electron chi connectivity index (χ3n) is 9.33. The first-order chi connectivity index (χ1) is 31.3. The molecule has 10 heteroatoms. The monoisotopic (exact) mass is 911 g/mol. The van der Waals surface area contributed by atoms with Gasteiger partial charge in [0.1, 0.15) is 12.2 Å². The van der Waals surface area contributed by atoms with Gasteiger partial charge in [0.05, 0.1) is 26.4 Å². The van der Waals surface area contributed by atoms with E-state index in [1.807, 2.05) is 6.08 Å². The third kappa shape index (κ3) is 48.1. The van der Waals surface area contributed by atoms with Gasteiger partial charge in [0.2, 0.25) is 0 Å². The molecule has 64 heavy (non-hydrogen) atoms. The fourth-order valence-corrected chi connectivity index (χ4v) is 6.54. The Hall–Kier alpha value is -3.40. The lowest BCUT2D eigenvalue weighted by Gasteiger charge is -2.20. The SMILES string of the molecule is CC/C=C\C/C=C\C/C=C\C/C=C\C/C=C\C/C=C\C/C=C\CCCC(=O)OC(COCCCCCCCCC/C=C\C/C=C\C/C=C\C/C=C\CC)COP(=O)(O)OCC(O)CO. The van der Waals surface area contributed by atoms with Crippen molar-refractivity contribution >= 4 is 13.8 Å². The van der Waals surface area contributed by atoms with E-state index in [4.69, 9.17) is 23.6 Å². The minimum atomic E-state index is -4.55. The fraction of sp³-hybridized carbons (Fsp3) is 0.574. The molecular formula is C54H87O9P. The zero-order chi connectivity index (χ0) is 46.7. The van der Waals surface area contributed by atoms with Crippen molar-refractivity contribution < 1.29 is 43.0 Å². The summed E-state index contributed by atoms with van der Waals surface area (Å²) < 4.78 is 33.4. The molecule has 3 unspecified atom stereocenters. The number of hydrogen-bond donors (Lipinski definition) is 3. The Kier molecular flexibility index (Phi) is 46.4. The minimum absolute atomic E-state index is 0.00810. The van der Waals surface area contributed by atoms with Gasteiger partial charge in [0.25, 0.3) is 0 Å². The smallest absolute Gasteiger partial charge is 0.457 e. The van der Waals surface area contributed by atoms with E-state index in [1.165, 1.54) is 25.7 Å². The van der Waals surface area contributed by atoms with E-state index in [0.29, 0.717) is 19.4 Å². The molecule has 0 aromatic carbocycles. The molecule has 3 N–H and O–H groups in total. The molecule has 0 radical (unpaired) electrons. The summed E-state index contributed by atoms with van der Waals surface area (Å²) in [6, 6.07) is 0. The zero-order valence-corrected chi connectivity index (χ0v) is 40.6. The maximum Gasteiger partial charge on any atom is 0.472 e. The number of hydrogen-bond acceptors (Lipinski definition) is 8. The van der Waals surface area contributed by atoms with E-state index in [9.17, 15) is 19.4 Å². The van der Waals surface area contributed by atoms with Crippen LogP contribution in [0, 0.1) is 0 Å². The van der Waals surface area contributed by atoms with E-state index >= 15 is 0 Å². The summed E-state index contributed by atoms with van der Waals surface area (Å²) in [5, 5.41) is 18.4. The van der Waals surface area contributed by atoms with Crippen LogP contribution in [-0.4, -0.2) is 66.3 Å². The predicted octanol–water partition coefficient (Wildman–Crippen LogP) is 14.1. The summed E-state index contributed by atoms with van der Waals surface area (Å²) in [5.74, 6) is -0.450. The number of aliphatic hydroxyl groups is 2. The van der Waals surface area contributed by atoms with Crippen molar-refractivity contribution in [2.75, 3.05) is 33.0 Å². The molecule has 362 valence electrons. The van der Waals surface area contributed by atoms with Crippen LogP contribution in [0.2, 0.25) is 0 Å². The molecule has 0 bridgehead atoms. The first kappa shape index (κ1) is 60.6. The molecule has 0 saturated carbocycles. The van der Waals surface area contributed by atoms with Gasteiger partial charge in [-0.1, -0.05) is 180 Å². The molecule has 0 aromatic heterocycles. The highest BCUT2D eigenvalue weighted by Gasteiger charge is 2.26. The Morgan fingerprint density at radius 3 is 1.27 bits per heavy atom. The third-order valence-corrected chi connectivity index (χ3v) is 10.3. The molecule has 0 aromatic rings. The van der Waals surface area contributed by atoms with Crippen molar-refractivity contribution in [1.29, 1.82) is 0 Å². The number of phosphoric acid groups is 1. The average molecular weight is 911 g/mol. The van der Waals surface area contributed by atoms with Gasteiger partial charge in [-0.2, -0.15) is 0 Å². The molecule has 0 fully saturated rings. The number of ether oxygens (including phenoxy) is 2. The molecular weight excluding hydrogens is 824 g/mol.